The second kappa shape index (κ2) is 7.58. The minimum absolute atomic E-state index is 0.142. The van der Waals surface area contributed by atoms with Crippen LogP contribution >= 0.6 is 11.3 Å². The van der Waals surface area contributed by atoms with Gasteiger partial charge in [-0.1, -0.05) is 46.8 Å². The normalized spacial score (nSPS) is 20.1. The Balaban J connectivity index is 1.27. The van der Waals surface area contributed by atoms with E-state index in [2.05, 4.69) is 20.7 Å². The van der Waals surface area contributed by atoms with Crippen LogP contribution in [0.15, 0.2) is 40.9 Å². The number of rotatable bonds is 6. The third-order valence-electron chi connectivity index (χ3n) is 4.68. The lowest BCUT2D eigenvalue weighted by molar-refractivity contribution is 0.0880. The summed E-state index contributed by atoms with van der Waals surface area (Å²) in [5.74, 6) is 0.844. The fraction of sp³-hybridized carbons (Fsp3) is 0.368. The van der Waals surface area contributed by atoms with Crippen molar-refractivity contribution in [2.75, 3.05) is 0 Å². The van der Waals surface area contributed by atoms with Crippen LogP contribution in [0.3, 0.4) is 0 Å². The van der Waals surface area contributed by atoms with Gasteiger partial charge in [-0.3, -0.25) is 4.79 Å². The molecule has 0 aliphatic heterocycles. The third-order valence-corrected chi connectivity index (χ3v) is 5.79. The van der Waals surface area contributed by atoms with Gasteiger partial charge in [-0.15, -0.1) is 10.2 Å². The Labute approximate surface area is 160 Å². The molecular weight excluding hydrogens is 364 g/mol. The standard InChI is InChI=1S/C19H20N4O3S/c1-11(24)19-22-21-17(27-19)9-12-7-14(8-12)20-18(25)15-10-16(26-23-15)13-5-3-2-4-6-13/h2-6,10-12,14,24H,7-9H2,1H3,(H,20,25)/t11-,12-,14-/m1/s1. The maximum atomic E-state index is 12.4. The van der Waals surface area contributed by atoms with Crippen LogP contribution in [0.1, 0.15) is 46.4 Å². The van der Waals surface area contributed by atoms with Gasteiger partial charge in [0.15, 0.2) is 11.5 Å². The van der Waals surface area contributed by atoms with Crippen LogP contribution in [-0.2, 0) is 6.42 Å². The van der Waals surface area contributed by atoms with Crippen molar-refractivity contribution in [3.63, 3.8) is 0 Å². The molecule has 0 saturated heterocycles. The lowest BCUT2D eigenvalue weighted by atomic mass is 9.78. The lowest BCUT2D eigenvalue weighted by Gasteiger charge is -2.35. The summed E-state index contributed by atoms with van der Waals surface area (Å²) in [6, 6.07) is 11.4. The highest BCUT2D eigenvalue weighted by Gasteiger charge is 2.32. The molecule has 1 amide bonds. The number of nitrogens with one attached hydrogen (secondary N) is 1. The minimum Gasteiger partial charge on any atom is -0.386 e. The molecule has 0 unspecified atom stereocenters. The summed E-state index contributed by atoms with van der Waals surface area (Å²) in [6.07, 6.45) is 2.06. The summed E-state index contributed by atoms with van der Waals surface area (Å²) in [5, 5.41) is 26.1. The lowest BCUT2D eigenvalue weighted by Crippen LogP contribution is -2.45. The predicted octanol–water partition coefficient (Wildman–Crippen LogP) is 3.00. The Morgan fingerprint density at radius 2 is 2.11 bits per heavy atom. The zero-order chi connectivity index (χ0) is 18.8. The van der Waals surface area contributed by atoms with Crippen molar-refractivity contribution in [1.82, 2.24) is 20.7 Å². The molecule has 0 bridgehead atoms. The van der Waals surface area contributed by atoms with Crippen molar-refractivity contribution < 1.29 is 14.4 Å². The summed E-state index contributed by atoms with van der Waals surface area (Å²) in [4.78, 5) is 12.4. The zero-order valence-corrected chi connectivity index (χ0v) is 15.6. The van der Waals surface area contributed by atoms with Gasteiger partial charge in [-0.05, 0) is 25.7 Å². The van der Waals surface area contributed by atoms with E-state index in [1.807, 2.05) is 30.3 Å². The monoisotopic (exact) mass is 384 g/mol. The number of hydrogen-bond acceptors (Lipinski definition) is 7. The number of aromatic nitrogens is 3. The molecule has 0 radical (unpaired) electrons. The zero-order valence-electron chi connectivity index (χ0n) is 14.8. The van der Waals surface area contributed by atoms with Gasteiger partial charge in [0, 0.05) is 24.1 Å². The molecule has 8 heteroatoms. The summed E-state index contributed by atoms with van der Waals surface area (Å²) < 4.78 is 5.28. The molecule has 1 atom stereocenters. The first kappa shape index (κ1) is 17.8. The van der Waals surface area contributed by atoms with Crippen molar-refractivity contribution in [3.05, 3.63) is 52.1 Å². The number of benzene rings is 1. The smallest absolute Gasteiger partial charge is 0.273 e. The Kier molecular flexibility index (Phi) is 5.00. The first-order valence-corrected chi connectivity index (χ1v) is 9.73. The van der Waals surface area contributed by atoms with E-state index in [4.69, 9.17) is 4.52 Å². The molecule has 140 valence electrons. The highest BCUT2D eigenvalue weighted by atomic mass is 32.1. The molecule has 1 aromatic carbocycles. The van der Waals surface area contributed by atoms with Crippen molar-refractivity contribution in [3.8, 4) is 11.3 Å². The molecule has 2 aromatic heterocycles. The Morgan fingerprint density at radius 1 is 1.33 bits per heavy atom. The number of hydrogen-bond donors (Lipinski definition) is 2. The van der Waals surface area contributed by atoms with E-state index in [9.17, 15) is 9.90 Å². The second-order valence-corrected chi connectivity index (χ2v) is 7.96. The van der Waals surface area contributed by atoms with Gasteiger partial charge in [0.2, 0.25) is 0 Å². The van der Waals surface area contributed by atoms with Crippen LogP contribution in [0, 0.1) is 5.92 Å². The minimum atomic E-state index is -0.576. The first-order chi connectivity index (χ1) is 13.1. The van der Waals surface area contributed by atoms with Gasteiger partial charge in [-0.25, -0.2) is 0 Å². The summed E-state index contributed by atoms with van der Waals surface area (Å²) in [5.41, 5.74) is 1.18. The van der Waals surface area contributed by atoms with Crippen LogP contribution in [0.4, 0.5) is 0 Å². The largest absolute Gasteiger partial charge is 0.386 e. The third kappa shape index (κ3) is 4.06. The number of carbonyl (C=O) groups is 1. The van der Waals surface area contributed by atoms with Crippen LogP contribution in [0.2, 0.25) is 0 Å². The highest BCUT2D eigenvalue weighted by Crippen LogP contribution is 2.32. The number of carbonyl (C=O) groups excluding carboxylic acids is 1. The molecule has 4 rings (SSSR count). The van der Waals surface area contributed by atoms with Crippen molar-refractivity contribution >= 4 is 17.2 Å². The van der Waals surface area contributed by atoms with Crippen LogP contribution < -0.4 is 5.32 Å². The van der Waals surface area contributed by atoms with E-state index in [1.165, 1.54) is 11.3 Å². The Morgan fingerprint density at radius 3 is 2.81 bits per heavy atom. The average Bonchev–Trinajstić information content (AvgIpc) is 3.30. The summed E-state index contributed by atoms with van der Waals surface area (Å²) >= 11 is 1.45. The molecule has 1 aliphatic carbocycles. The van der Waals surface area contributed by atoms with Crippen molar-refractivity contribution in [2.24, 2.45) is 5.92 Å². The van der Waals surface area contributed by atoms with Crippen LogP contribution in [0.5, 0.6) is 0 Å². The summed E-state index contributed by atoms with van der Waals surface area (Å²) in [7, 11) is 0. The molecule has 1 aliphatic rings. The van der Waals surface area contributed by atoms with Gasteiger partial charge < -0.3 is 14.9 Å². The molecule has 1 saturated carbocycles. The van der Waals surface area contributed by atoms with Gasteiger partial charge in [0.1, 0.15) is 16.1 Å². The van der Waals surface area contributed by atoms with E-state index < -0.39 is 6.10 Å². The molecular formula is C19H20N4O3S. The number of aliphatic hydroxyl groups is 1. The van der Waals surface area contributed by atoms with Gasteiger partial charge in [0.05, 0.1) is 0 Å². The fourth-order valence-electron chi connectivity index (χ4n) is 3.17. The number of amides is 1. The van der Waals surface area contributed by atoms with E-state index >= 15 is 0 Å². The number of nitrogens with zero attached hydrogens (tertiary/aromatic N) is 3. The SMILES string of the molecule is C[C@@H](O)c1nnc(C[C@H]2C[C@H](NC(=O)c3cc(-c4ccccc4)on3)C2)s1. The van der Waals surface area contributed by atoms with E-state index in [0.29, 0.717) is 22.4 Å². The molecule has 7 nitrogen and oxygen atoms in total. The molecule has 1 fully saturated rings. The predicted molar refractivity (Wildman–Crippen MR) is 100 cm³/mol. The van der Waals surface area contributed by atoms with E-state index in [0.717, 1.165) is 29.8 Å². The van der Waals surface area contributed by atoms with E-state index in [1.54, 1.807) is 13.0 Å². The molecule has 0 spiro atoms. The van der Waals surface area contributed by atoms with Crippen LogP contribution in [0.25, 0.3) is 11.3 Å². The molecule has 27 heavy (non-hydrogen) atoms. The average molecular weight is 384 g/mol. The Hall–Kier alpha value is -2.58. The topological polar surface area (TPSA) is 101 Å². The van der Waals surface area contributed by atoms with Crippen molar-refractivity contribution in [1.29, 1.82) is 0 Å². The molecule has 2 heterocycles. The maximum Gasteiger partial charge on any atom is 0.273 e. The summed E-state index contributed by atoms with van der Waals surface area (Å²) in [6.45, 7) is 1.69. The quantitative estimate of drug-likeness (QED) is 0.677. The number of aliphatic hydroxyl groups excluding tert-OH is 1. The molecule has 3 aromatic rings. The van der Waals surface area contributed by atoms with Gasteiger partial charge >= 0.3 is 0 Å². The maximum absolute atomic E-state index is 12.4. The van der Waals surface area contributed by atoms with E-state index in [-0.39, 0.29) is 11.9 Å². The van der Waals surface area contributed by atoms with Gasteiger partial charge in [-0.2, -0.15) is 0 Å². The Bertz CT molecular complexity index is 916. The highest BCUT2D eigenvalue weighted by molar-refractivity contribution is 7.11. The molecule has 2 N–H and O–H groups in total. The second-order valence-electron chi connectivity index (χ2n) is 6.86. The van der Waals surface area contributed by atoms with Crippen LogP contribution in [-0.4, -0.2) is 32.4 Å². The first-order valence-electron chi connectivity index (χ1n) is 8.92. The van der Waals surface area contributed by atoms with Gasteiger partial charge in [0.25, 0.3) is 5.91 Å². The van der Waals surface area contributed by atoms with Crippen molar-refractivity contribution in [2.45, 2.75) is 38.3 Å². The fourth-order valence-corrected chi connectivity index (χ4v) is 4.06.